The average Bonchev–Trinajstić information content (AvgIpc) is 3.45. The average molecular weight is 421 g/mol. The number of aromatic nitrogens is 3. The number of aliphatic hydroxyl groups excluding tert-OH is 1. The van der Waals surface area contributed by atoms with E-state index in [1.165, 1.54) is 11.1 Å². The molecule has 31 heavy (non-hydrogen) atoms. The normalized spacial score (nSPS) is 31.5. The predicted molar refractivity (Wildman–Crippen MR) is 117 cm³/mol. The van der Waals surface area contributed by atoms with Crippen molar-refractivity contribution < 1.29 is 14.6 Å². The van der Waals surface area contributed by atoms with Crippen molar-refractivity contribution in [1.82, 2.24) is 14.5 Å². The van der Waals surface area contributed by atoms with Crippen molar-refractivity contribution in [3.8, 4) is 0 Å². The Balaban J connectivity index is 1.30. The van der Waals surface area contributed by atoms with Crippen molar-refractivity contribution >= 4 is 16.9 Å². The van der Waals surface area contributed by atoms with Crippen LogP contribution in [0.3, 0.4) is 0 Å². The summed E-state index contributed by atoms with van der Waals surface area (Å²) in [6, 6.07) is 10.8. The Kier molecular flexibility index (Phi) is 4.35. The molecule has 3 heterocycles. The number of aryl methyl sites for hydroxylation is 1. The lowest BCUT2D eigenvalue weighted by Gasteiger charge is -2.39. The highest BCUT2D eigenvalue weighted by molar-refractivity contribution is 5.87. The predicted octanol–water partition coefficient (Wildman–Crippen LogP) is 3.60. The van der Waals surface area contributed by atoms with Crippen molar-refractivity contribution in [2.24, 2.45) is 5.92 Å². The molecule has 3 aromatic rings. The van der Waals surface area contributed by atoms with E-state index in [2.05, 4.69) is 50.2 Å². The summed E-state index contributed by atoms with van der Waals surface area (Å²) in [5.41, 5.74) is 3.60. The molecule has 7 heteroatoms. The van der Waals surface area contributed by atoms with Gasteiger partial charge in [-0.05, 0) is 50.3 Å². The second-order valence-corrected chi connectivity index (χ2v) is 9.46. The van der Waals surface area contributed by atoms with E-state index in [-0.39, 0.29) is 24.1 Å². The highest BCUT2D eigenvalue weighted by atomic mass is 16.7. The minimum absolute atomic E-state index is 0.0973. The van der Waals surface area contributed by atoms with E-state index in [1.54, 1.807) is 6.33 Å². The lowest BCUT2D eigenvalue weighted by Crippen LogP contribution is -2.47. The lowest BCUT2D eigenvalue weighted by atomic mass is 10.0. The first kappa shape index (κ1) is 19.2. The topological polar surface area (TPSA) is 81.4 Å². The zero-order chi connectivity index (χ0) is 21.2. The monoisotopic (exact) mass is 420 g/mol. The maximum Gasteiger partial charge on any atom is 0.163 e. The van der Waals surface area contributed by atoms with Gasteiger partial charge in [0.2, 0.25) is 0 Å². The molecule has 0 unspecified atom stereocenters. The summed E-state index contributed by atoms with van der Waals surface area (Å²) < 4.78 is 14.0. The van der Waals surface area contributed by atoms with Crippen LogP contribution in [0.2, 0.25) is 0 Å². The Bertz CT molecular complexity index is 1130. The van der Waals surface area contributed by atoms with Gasteiger partial charge in [0.1, 0.15) is 23.9 Å². The van der Waals surface area contributed by atoms with Crippen LogP contribution in [0.4, 0.5) is 5.82 Å². The summed E-state index contributed by atoms with van der Waals surface area (Å²) in [6.07, 6.45) is 5.75. The molecule has 7 nitrogen and oxygen atoms in total. The minimum atomic E-state index is -0.660. The van der Waals surface area contributed by atoms with Crippen molar-refractivity contribution in [2.75, 3.05) is 11.9 Å². The van der Waals surface area contributed by atoms with Crippen LogP contribution in [0.15, 0.2) is 42.9 Å². The molecular formula is C24H28N4O3. The first-order valence-corrected chi connectivity index (χ1v) is 11.2. The van der Waals surface area contributed by atoms with Crippen molar-refractivity contribution in [2.45, 2.75) is 63.2 Å². The van der Waals surface area contributed by atoms with E-state index in [9.17, 15) is 5.11 Å². The number of nitrogens with one attached hydrogen (secondary N) is 1. The quantitative estimate of drug-likeness (QED) is 0.674. The van der Waals surface area contributed by atoms with Gasteiger partial charge in [0.25, 0.3) is 0 Å². The van der Waals surface area contributed by atoms with E-state index >= 15 is 0 Å². The number of hydrogen-bond acceptors (Lipinski definition) is 6. The van der Waals surface area contributed by atoms with Gasteiger partial charge < -0.3 is 24.5 Å². The number of nitrogens with zero attached hydrogens (tertiary/aromatic N) is 3. The summed E-state index contributed by atoms with van der Waals surface area (Å²) in [6.45, 7) is 4.41. The molecule has 0 amide bonds. The largest absolute Gasteiger partial charge is 0.388 e. The van der Waals surface area contributed by atoms with Crippen LogP contribution in [-0.4, -0.2) is 44.2 Å². The third-order valence-corrected chi connectivity index (χ3v) is 7.11. The molecule has 1 saturated carbocycles. The van der Waals surface area contributed by atoms with Crippen LogP contribution in [0.1, 0.15) is 49.9 Å². The zero-order valence-corrected chi connectivity index (χ0v) is 17.9. The van der Waals surface area contributed by atoms with E-state index in [0.29, 0.717) is 6.61 Å². The van der Waals surface area contributed by atoms with E-state index in [4.69, 9.17) is 9.47 Å². The van der Waals surface area contributed by atoms with Crippen LogP contribution >= 0.6 is 0 Å². The van der Waals surface area contributed by atoms with Gasteiger partial charge in [0.05, 0.1) is 30.2 Å². The van der Waals surface area contributed by atoms with Crippen LogP contribution in [-0.2, 0) is 15.9 Å². The summed E-state index contributed by atoms with van der Waals surface area (Å²) in [4.78, 5) is 9.13. The molecule has 3 aliphatic rings. The molecule has 0 bridgehead atoms. The van der Waals surface area contributed by atoms with E-state index < -0.39 is 11.9 Å². The van der Waals surface area contributed by atoms with Gasteiger partial charge in [-0.15, -0.1) is 0 Å². The SMILES string of the molecule is CC1(C)OC[C@@H]2C[C@@H](n3ccc4c(N[C@H]5CCc6ccccc65)ncnc43)[C@H](O)[C@@H]2O1. The number of aliphatic hydroxyl groups is 1. The molecular weight excluding hydrogens is 392 g/mol. The summed E-state index contributed by atoms with van der Waals surface area (Å²) in [5, 5.41) is 15.7. The Morgan fingerprint density at radius 1 is 1.19 bits per heavy atom. The number of anilines is 1. The molecule has 0 spiro atoms. The van der Waals surface area contributed by atoms with Gasteiger partial charge in [0.15, 0.2) is 5.79 Å². The number of ether oxygens (including phenoxy) is 2. The van der Waals surface area contributed by atoms with Gasteiger partial charge >= 0.3 is 0 Å². The van der Waals surface area contributed by atoms with Crippen molar-refractivity contribution in [1.29, 1.82) is 0 Å². The molecule has 0 radical (unpaired) electrons. The van der Waals surface area contributed by atoms with Crippen LogP contribution in [0.5, 0.6) is 0 Å². The molecule has 2 fully saturated rings. The number of fused-ring (bicyclic) bond motifs is 3. The smallest absolute Gasteiger partial charge is 0.163 e. The fraction of sp³-hybridized carbons (Fsp3) is 0.500. The van der Waals surface area contributed by atoms with E-state index in [1.807, 2.05) is 20.0 Å². The van der Waals surface area contributed by atoms with Gasteiger partial charge in [0, 0.05) is 12.1 Å². The molecule has 5 atom stereocenters. The molecule has 1 saturated heterocycles. The Morgan fingerprint density at radius 3 is 2.97 bits per heavy atom. The molecule has 2 aliphatic carbocycles. The second kappa shape index (κ2) is 7.02. The standard InChI is InChI=1S/C24H28N4O3/c1-24(2)30-12-15-11-19(20(29)21(15)31-24)28-10-9-17-22(25-13-26-23(17)28)27-18-8-7-14-5-3-4-6-16(14)18/h3-6,9-10,13,15,18-21,29H,7-8,11-12H2,1-2H3,(H,25,26,27)/t15-,18-,19+,20-,21+/m0/s1. The maximum absolute atomic E-state index is 11.1. The third kappa shape index (κ3) is 3.14. The van der Waals surface area contributed by atoms with Gasteiger partial charge in [-0.1, -0.05) is 24.3 Å². The molecule has 162 valence electrons. The Labute approximate surface area is 181 Å². The number of hydrogen-bond donors (Lipinski definition) is 2. The molecule has 2 aromatic heterocycles. The van der Waals surface area contributed by atoms with Gasteiger partial charge in [-0.2, -0.15) is 0 Å². The maximum atomic E-state index is 11.1. The fourth-order valence-corrected chi connectivity index (χ4v) is 5.58. The zero-order valence-electron chi connectivity index (χ0n) is 17.9. The van der Waals surface area contributed by atoms with Crippen LogP contribution < -0.4 is 5.32 Å². The highest BCUT2D eigenvalue weighted by Gasteiger charge is 2.50. The van der Waals surface area contributed by atoms with Gasteiger partial charge in [-0.25, -0.2) is 9.97 Å². The first-order chi connectivity index (χ1) is 15.0. The van der Waals surface area contributed by atoms with Crippen LogP contribution in [0, 0.1) is 5.92 Å². The van der Waals surface area contributed by atoms with E-state index in [0.717, 1.165) is 36.1 Å². The first-order valence-electron chi connectivity index (χ1n) is 11.2. The van der Waals surface area contributed by atoms with Crippen LogP contribution in [0.25, 0.3) is 11.0 Å². The highest BCUT2D eigenvalue weighted by Crippen LogP contribution is 2.44. The Morgan fingerprint density at radius 2 is 2.06 bits per heavy atom. The van der Waals surface area contributed by atoms with Gasteiger partial charge in [-0.3, -0.25) is 0 Å². The minimum Gasteiger partial charge on any atom is -0.388 e. The second-order valence-electron chi connectivity index (χ2n) is 9.46. The Hall–Kier alpha value is -2.48. The molecule has 1 aromatic carbocycles. The molecule has 2 N–H and O–H groups in total. The van der Waals surface area contributed by atoms with Crippen molar-refractivity contribution in [3.63, 3.8) is 0 Å². The molecule has 6 rings (SSSR count). The molecule has 1 aliphatic heterocycles. The third-order valence-electron chi connectivity index (χ3n) is 7.11. The fourth-order valence-electron chi connectivity index (χ4n) is 5.58. The summed E-state index contributed by atoms with van der Waals surface area (Å²) in [7, 11) is 0. The summed E-state index contributed by atoms with van der Waals surface area (Å²) in [5.74, 6) is 0.364. The lowest BCUT2D eigenvalue weighted by molar-refractivity contribution is -0.298. The summed E-state index contributed by atoms with van der Waals surface area (Å²) >= 11 is 0. The van der Waals surface area contributed by atoms with Crippen molar-refractivity contribution in [3.05, 3.63) is 54.0 Å². The number of rotatable bonds is 3. The number of benzene rings is 1.